The third-order valence-electron chi connectivity index (χ3n) is 4.09. The summed E-state index contributed by atoms with van der Waals surface area (Å²) in [6, 6.07) is 10.6. The average Bonchev–Trinajstić information content (AvgIpc) is 3.01. The van der Waals surface area contributed by atoms with Gasteiger partial charge in [0, 0.05) is 5.56 Å². The molecule has 0 aliphatic heterocycles. The molecule has 0 bridgehead atoms. The van der Waals surface area contributed by atoms with Gasteiger partial charge in [0.1, 0.15) is 28.0 Å². The fraction of sp³-hybridized carbons (Fsp3) is 0.158. The highest BCUT2D eigenvalue weighted by atomic mass is 32.2. The standard InChI is InChI=1S/C19H15F2NO5S/c1-11-17(18(22-27-11)12-5-3-2-4-6-12)13-9-14(20)19(15(21)10-13)28(25,26)8-7-16(23)24/h2-6,9-10H,7-8H2,1H3,(H,23,24). The van der Waals surface area contributed by atoms with E-state index in [9.17, 15) is 22.0 Å². The summed E-state index contributed by atoms with van der Waals surface area (Å²) in [4.78, 5) is 9.45. The molecule has 0 spiro atoms. The first-order valence-electron chi connectivity index (χ1n) is 8.16. The van der Waals surface area contributed by atoms with Crippen molar-refractivity contribution in [2.75, 3.05) is 5.75 Å². The molecule has 0 saturated heterocycles. The van der Waals surface area contributed by atoms with Crippen molar-refractivity contribution in [3.63, 3.8) is 0 Å². The van der Waals surface area contributed by atoms with Crippen LogP contribution >= 0.6 is 0 Å². The van der Waals surface area contributed by atoms with Gasteiger partial charge in [-0.3, -0.25) is 4.79 Å². The van der Waals surface area contributed by atoms with Crippen LogP contribution in [0.3, 0.4) is 0 Å². The van der Waals surface area contributed by atoms with Gasteiger partial charge in [-0.2, -0.15) is 0 Å². The number of aryl methyl sites for hydroxylation is 1. The predicted molar refractivity (Wildman–Crippen MR) is 96.3 cm³/mol. The molecule has 0 unspecified atom stereocenters. The molecule has 6 nitrogen and oxygen atoms in total. The van der Waals surface area contributed by atoms with Crippen molar-refractivity contribution in [3.05, 3.63) is 59.9 Å². The summed E-state index contributed by atoms with van der Waals surface area (Å²) in [6.45, 7) is 1.57. The van der Waals surface area contributed by atoms with E-state index in [1.165, 1.54) is 0 Å². The van der Waals surface area contributed by atoms with E-state index in [-0.39, 0.29) is 5.56 Å². The van der Waals surface area contributed by atoms with Crippen LogP contribution in [0.25, 0.3) is 22.4 Å². The maximum Gasteiger partial charge on any atom is 0.304 e. The van der Waals surface area contributed by atoms with Gasteiger partial charge in [-0.05, 0) is 24.6 Å². The smallest absolute Gasteiger partial charge is 0.304 e. The molecule has 0 aliphatic rings. The van der Waals surface area contributed by atoms with Gasteiger partial charge in [-0.15, -0.1) is 0 Å². The fourth-order valence-electron chi connectivity index (χ4n) is 2.83. The minimum atomic E-state index is -4.44. The van der Waals surface area contributed by atoms with E-state index in [1.807, 2.05) is 0 Å². The Kier molecular flexibility index (Phi) is 5.28. The van der Waals surface area contributed by atoms with Gasteiger partial charge in [0.2, 0.25) is 0 Å². The Morgan fingerprint density at radius 2 is 1.71 bits per heavy atom. The molecule has 3 aromatic rings. The molecular formula is C19H15F2NO5S. The second-order valence-electron chi connectivity index (χ2n) is 6.06. The van der Waals surface area contributed by atoms with Crippen LogP contribution in [-0.4, -0.2) is 30.4 Å². The number of aliphatic carboxylic acids is 1. The zero-order valence-electron chi connectivity index (χ0n) is 14.6. The Labute approximate surface area is 159 Å². The van der Waals surface area contributed by atoms with Gasteiger partial charge in [0.15, 0.2) is 9.84 Å². The Morgan fingerprint density at radius 3 is 2.29 bits per heavy atom. The number of hydrogen-bond donors (Lipinski definition) is 1. The normalized spacial score (nSPS) is 11.5. The number of hydrogen-bond acceptors (Lipinski definition) is 5. The number of carboxylic acids is 1. The summed E-state index contributed by atoms with van der Waals surface area (Å²) in [5, 5.41) is 12.6. The first-order valence-corrected chi connectivity index (χ1v) is 9.81. The van der Waals surface area contributed by atoms with Crippen molar-refractivity contribution in [3.8, 4) is 22.4 Å². The van der Waals surface area contributed by atoms with Gasteiger partial charge in [0.05, 0.1) is 17.7 Å². The molecule has 0 fully saturated rings. The van der Waals surface area contributed by atoms with Gasteiger partial charge in [-0.25, -0.2) is 17.2 Å². The van der Waals surface area contributed by atoms with Crippen LogP contribution < -0.4 is 0 Å². The van der Waals surface area contributed by atoms with Crippen molar-refractivity contribution in [1.29, 1.82) is 0 Å². The number of carboxylic acid groups (broad SMARTS) is 1. The summed E-state index contributed by atoms with van der Waals surface area (Å²) in [6.07, 6.45) is -0.758. The zero-order valence-corrected chi connectivity index (χ0v) is 15.5. The molecular weight excluding hydrogens is 392 g/mol. The van der Waals surface area contributed by atoms with E-state index < -0.39 is 44.5 Å². The van der Waals surface area contributed by atoms with Crippen LogP contribution in [0.15, 0.2) is 51.9 Å². The molecule has 3 rings (SSSR count). The highest BCUT2D eigenvalue weighted by Crippen LogP contribution is 2.36. The topological polar surface area (TPSA) is 97.5 Å². The fourth-order valence-corrected chi connectivity index (χ4v) is 4.19. The third-order valence-corrected chi connectivity index (χ3v) is 5.85. The molecule has 1 aromatic heterocycles. The van der Waals surface area contributed by atoms with Crippen molar-refractivity contribution in [2.45, 2.75) is 18.2 Å². The Hall–Kier alpha value is -3.07. The van der Waals surface area contributed by atoms with Crippen molar-refractivity contribution < 1.29 is 31.6 Å². The number of rotatable bonds is 6. The lowest BCUT2D eigenvalue weighted by Gasteiger charge is -2.09. The zero-order chi connectivity index (χ0) is 20.5. The van der Waals surface area contributed by atoms with E-state index in [4.69, 9.17) is 9.63 Å². The molecule has 0 aliphatic carbocycles. The largest absolute Gasteiger partial charge is 0.481 e. The molecule has 1 N–H and O–H groups in total. The SMILES string of the molecule is Cc1onc(-c2ccccc2)c1-c1cc(F)c(S(=O)(=O)CCC(=O)O)c(F)c1. The monoisotopic (exact) mass is 407 g/mol. The maximum absolute atomic E-state index is 14.6. The lowest BCUT2D eigenvalue weighted by atomic mass is 9.99. The number of carbonyl (C=O) groups is 1. The molecule has 0 atom stereocenters. The van der Waals surface area contributed by atoms with E-state index >= 15 is 0 Å². The van der Waals surface area contributed by atoms with Crippen LogP contribution in [0.1, 0.15) is 12.2 Å². The van der Waals surface area contributed by atoms with Gasteiger partial charge >= 0.3 is 5.97 Å². The Balaban J connectivity index is 2.10. The highest BCUT2D eigenvalue weighted by Gasteiger charge is 2.27. The highest BCUT2D eigenvalue weighted by molar-refractivity contribution is 7.91. The molecule has 1 heterocycles. The van der Waals surface area contributed by atoms with Crippen molar-refractivity contribution in [2.24, 2.45) is 0 Å². The van der Waals surface area contributed by atoms with Crippen molar-refractivity contribution >= 4 is 15.8 Å². The van der Waals surface area contributed by atoms with E-state index in [1.54, 1.807) is 37.3 Å². The first-order chi connectivity index (χ1) is 13.2. The maximum atomic E-state index is 14.6. The van der Waals surface area contributed by atoms with Gasteiger partial charge in [0.25, 0.3) is 0 Å². The molecule has 28 heavy (non-hydrogen) atoms. The summed E-state index contributed by atoms with van der Waals surface area (Å²) < 4.78 is 58.6. The van der Waals surface area contributed by atoms with E-state index in [0.29, 0.717) is 22.6 Å². The molecule has 0 amide bonds. The second kappa shape index (κ2) is 7.51. The molecule has 2 aromatic carbocycles. The quantitative estimate of drug-likeness (QED) is 0.667. The number of benzene rings is 2. The van der Waals surface area contributed by atoms with Crippen LogP contribution in [0.2, 0.25) is 0 Å². The molecule has 0 radical (unpaired) electrons. The summed E-state index contributed by atoms with van der Waals surface area (Å²) >= 11 is 0. The minimum Gasteiger partial charge on any atom is -0.481 e. The van der Waals surface area contributed by atoms with Crippen LogP contribution in [0.4, 0.5) is 8.78 Å². The number of nitrogens with zero attached hydrogens (tertiary/aromatic N) is 1. The van der Waals surface area contributed by atoms with Gasteiger partial charge < -0.3 is 9.63 Å². The average molecular weight is 407 g/mol. The second-order valence-corrected chi connectivity index (χ2v) is 8.11. The summed E-state index contributed by atoms with van der Waals surface area (Å²) in [5.41, 5.74) is 1.41. The Bertz CT molecular complexity index is 1120. The molecule has 146 valence electrons. The number of halogens is 2. The number of aromatic nitrogens is 1. The van der Waals surface area contributed by atoms with E-state index in [2.05, 4.69) is 5.16 Å². The van der Waals surface area contributed by atoms with Crippen LogP contribution in [0, 0.1) is 18.6 Å². The van der Waals surface area contributed by atoms with Crippen molar-refractivity contribution in [1.82, 2.24) is 5.16 Å². The first kappa shape index (κ1) is 19.7. The van der Waals surface area contributed by atoms with E-state index in [0.717, 1.165) is 12.1 Å². The third kappa shape index (κ3) is 3.79. The van der Waals surface area contributed by atoms with Crippen LogP contribution in [-0.2, 0) is 14.6 Å². The van der Waals surface area contributed by atoms with Crippen LogP contribution in [0.5, 0.6) is 0 Å². The van der Waals surface area contributed by atoms with Gasteiger partial charge in [-0.1, -0.05) is 35.5 Å². The molecule has 9 heteroatoms. The summed E-state index contributed by atoms with van der Waals surface area (Å²) in [7, 11) is -4.44. The lowest BCUT2D eigenvalue weighted by molar-refractivity contribution is -0.136. The lowest BCUT2D eigenvalue weighted by Crippen LogP contribution is -2.14. The number of sulfone groups is 1. The predicted octanol–water partition coefficient (Wildman–Crippen LogP) is 3.84. The Morgan fingerprint density at radius 1 is 1.11 bits per heavy atom. The summed E-state index contributed by atoms with van der Waals surface area (Å²) in [5.74, 6) is -4.59. The minimum absolute atomic E-state index is 0.0600. The molecule has 0 saturated carbocycles.